The first kappa shape index (κ1) is 12.4. The molecule has 4 rings (SSSR count). The maximum absolute atomic E-state index is 13.9. The van der Waals surface area contributed by atoms with Gasteiger partial charge in [-0.15, -0.1) is 11.3 Å². The lowest BCUT2D eigenvalue weighted by atomic mass is 9.84. The fourth-order valence-corrected chi connectivity index (χ4v) is 4.39. The van der Waals surface area contributed by atoms with E-state index in [0.717, 1.165) is 23.3 Å². The Labute approximate surface area is 121 Å². The molecule has 104 valence electrons. The van der Waals surface area contributed by atoms with Crippen molar-refractivity contribution in [3.63, 3.8) is 0 Å². The van der Waals surface area contributed by atoms with Gasteiger partial charge in [-0.3, -0.25) is 5.84 Å². The molecule has 0 aromatic carbocycles. The molecule has 2 aliphatic heterocycles. The maximum Gasteiger partial charge on any atom is 0.221 e. The van der Waals surface area contributed by atoms with Crippen molar-refractivity contribution in [3.8, 4) is 10.4 Å². The highest BCUT2D eigenvalue weighted by atomic mass is 32.1. The van der Waals surface area contributed by atoms with Crippen LogP contribution in [0.2, 0.25) is 0 Å². The average molecular weight is 289 g/mol. The molecular weight excluding hydrogens is 273 g/mol. The molecule has 4 heterocycles. The number of hydrogen-bond donors (Lipinski definition) is 1. The first-order valence-corrected chi connectivity index (χ1v) is 7.84. The second-order valence-electron chi connectivity index (χ2n) is 5.67. The Morgan fingerprint density at radius 1 is 1.40 bits per heavy atom. The number of rotatable bonds is 2. The second kappa shape index (κ2) is 4.62. The number of hydrazine groups is 1. The third kappa shape index (κ3) is 1.81. The summed E-state index contributed by atoms with van der Waals surface area (Å²) in [4.78, 5) is 4.90. The Bertz CT molecular complexity index is 628. The van der Waals surface area contributed by atoms with E-state index in [4.69, 9.17) is 5.84 Å². The van der Waals surface area contributed by atoms with E-state index in [1.54, 1.807) is 17.5 Å². The molecule has 0 radical (unpaired) electrons. The third-order valence-corrected chi connectivity index (χ3v) is 5.57. The summed E-state index contributed by atoms with van der Waals surface area (Å²) in [5, 5.41) is 3.96. The molecule has 2 bridgehead atoms. The van der Waals surface area contributed by atoms with Crippen LogP contribution in [-0.2, 0) is 0 Å². The molecule has 0 aliphatic carbocycles. The summed E-state index contributed by atoms with van der Waals surface area (Å²) in [7, 11) is 0. The van der Waals surface area contributed by atoms with Gasteiger partial charge in [-0.1, -0.05) is 6.07 Å². The molecule has 3 unspecified atom stereocenters. The number of nitrogens with zero attached hydrogens (tertiary/aromatic N) is 2. The van der Waals surface area contributed by atoms with Gasteiger partial charge in [0, 0.05) is 34.6 Å². The Morgan fingerprint density at radius 3 is 2.95 bits per heavy atom. The van der Waals surface area contributed by atoms with E-state index >= 15 is 0 Å². The van der Waals surface area contributed by atoms with E-state index in [0.29, 0.717) is 23.6 Å². The van der Waals surface area contributed by atoms with Crippen LogP contribution in [0.5, 0.6) is 0 Å². The highest BCUT2D eigenvalue weighted by Gasteiger charge is 2.45. The molecule has 2 N–H and O–H groups in total. The van der Waals surface area contributed by atoms with Crippen molar-refractivity contribution in [2.45, 2.75) is 37.3 Å². The predicted octanol–water partition coefficient (Wildman–Crippen LogP) is 3.14. The average Bonchev–Trinajstić information content (AvgIpc) is 3.17. The fourth-order valence-electron chi connectivity index (χ4n) is 3.66. The zero-order chi connectivity index (χ0) is 13.7. The van der Waals surface area contributed by atoms with Crippen LogP contribution in [0.15, 0.2) is 29.8 Å². The molecule has 5 heteroatoms. The van der Waals surface area contributed by atoms with Gasteiger partial charge in [-0.25, -0.2) is 9.99 Å². The van der Waals surface area contributed by atoms with Gasteiger partial charge in [0.15, 0.2) is 0 Å². The summed E-state index contributed by atoms with van der Waals surface area (Å²) in [5.74, 6) is 6.12. The molecule has 0 spiro atoms. The van der Waals surface area contributed by atoms with Crippen molar-refractivity contribution in [3.05, 3.63) is 41.3 Å². The Hall–Kier alpha value is -1.30. The molecule has 3 atom stereocenters. The monoisotopic (exact) mass is 289 g/mol. The number of fused-ring (bicyclic) bond motifs is 2. The van der Waals surface area contributed by atoms with E-state index < -0.39 is 0 Å². The standard InChI is InChI=1S/C15H16FN3S/c16-15-12(14-2-1-5-20-14)6-9(8-18-15)11-7-10-3-4-13(11)19(10)17/h1-2,5-6,8,10-11,13H,3-4,7,17H2. The fraction of sp³-hybridized carbons (Fsp3) is 0.400. The summed E-state index contributed by atoms with van der Waals surface area (Å²) in [5.41, 5.74) is 1.74. The summed E-state index contributed by atoms with van der Waals surface area (Å²) in [6, 6.07) is 6.71. The van der Waals surface area contributed by atoms with E-state index in [-0.39, 0.29) is 5.95 Å². The molecule has 2 aromatic rings. The predicted molar refractivity (Wildman–Crippen MR) is 77.7 cm³/mol. The SMILES string of the molecule is NN1C2CCC1C(c1cnc(F)c(-c3cccs3)c1)C2. The maximum atomic E-state index is 13.9. The van der Waals surface area contributed by atoms with E-state index in [9.17, 15) is 4.39 Å². The molecule has 2 saturated heterocycles. The summed E-state index contributed by atoms with van der Waals surface area (Å²) in [6.45, 7) is 0. The highest BCUT2D eigenvalue weighted by Crippen LogP contribution is 2.45. The molecular formula is C15H16FN3S. The smallest absolute Gasteiger partial charge is 0.221 e. The van der Waals surface area contributed by atoms with Gasteiger partial charge in [0.1, 0.15) is 0 Å². The Morgan fingerprint density at radius 2 is 2.30 bits per heavy atom. The molecule has 0 amide bonds. The first-order chi connectivity index (χ1) is 9.74. The largest absolute Gasteiger partial charge is 0.268 e. The number of aromatic nitrogens is 1. The van der Waals surface area contributed by atoms with Gasteiger partial charge in [0.25, 0.3) is 0 Å². The molecule has 2 fully saturated rings. The molecule has 20 heavy (non-hydrogen) atoms. The van der Waals surface area contributed by atoms with Crippen molar-refractivity contribution in [1.29, 1.82) is 0 Å². The topological polar surface area (TPSA) is 42.1 Å². The lowest BCUT2D eigenvalue weighted by molar-refractivity contribution is 0.256. The molecule has 2 aliphatic rings. The van der Waals surface area contributed by atoms with Gasteiger partial charge < -0.3 is 0 Å². The van der Waals surface area contributed by atoms with Crippen molar-refractivity contribution in [2.24, 2.45) is 5.84 Å². The van der Waals surface area contributed by atoms with E-state index in [2.05, 4.69) is 4.98 Å². The number of pyridine rings is 1. The van der Waals surface area contributed by atoms with Crippen LogP contribution in [0, 0.1) is 5.95 Å². The highest BCUT2D eigenvalue weighted by molar-refractivity contribution is 7.13. The van der Waals surface area contributed by atoms with Crippen LogP contribution in [0.4, 0.5) is 4.39 Å². The minimum Gasteiger partial charge on any atom is -0.268 e. The van der Waals surface area contributed by atoms with Gasteiger partial charge >= 0.3 is 0 Å². The van der Waals surface area contributed by atoms with Crippen LogP contribution in [0.1, 0.15) is 30.7 Å². The Balaban J connectivity index is 1.72. The van der Waals surface area contributed by atoms with Gasteiger partial charge in [-0.2, -0.15) is 4.39 Å². The third-order valence-electron chi connectivity index (χ3n) is 4.67. The molecule has 2 aromatic heterocycles. The lowest BCUT2D eigenvalue weighted by Crippen LogP contribution is -2.36. The van der Waals surface area contributed by atoms with Gasteiger partial charge in [0.2, 0.25) is 5.95 Å². The normalized spacial score (nSPS) is 29.2. The molecule has 3 nitrogen and oxygen atoms in total. The van der Waals surface area contributed by atoms with Crippen molar-refractivity contribution in [1.82, 2.24) is 9.99 Å². The van der Waals surface area contributed by atoms with Crippen LogP contribution in [0.25, 0.3) is 10.4 Å². The van der Waals surface area contributed by atoms with Crippen molar-refractivity contribution < 1.29 is 4.39 Å². The second-order valence-corrected chi connectivity index (χ2v) is 6.62. The van der Waals surface area contributed by atoms with Gasteiger partial charge in [0.05, 0.1) is 0 Å². The quantitative estimate of drug-likeness (QED) is 0.682. The number of hydrogen-bond acceptors (Lipinski definition) is 4. The van der Waals surface area contributed by atoms with Crippen molar-refractivity contribution in [2.75, 3.05) is 0 Å². The Kier molecular flexibility index (Phi) is 2.87. The summed E-state index contributed by atoms with van der Waals surface area (Å²) < 4.78 is 13.9. The van der Waals surface area contributed by atoms with E-state index in [1.165, 1.54) is 6.42 Å². The van der Waals surface area contributed by atoms with Gasteiger partial charge in [-0.05, 0) is 42.3 Å². The zero-order valence-corrected chi connectivity index (χ0v) is 11.8. The van der Waals surface area contributed by atoms with Crippen molar-refractivity contribution >= 4 is 11.3 Å². The van der Waals surface area contributed by atoms with Crippen LogP contribution in [-0.4, -0.2) is 22.1 Å². The zero-order valence-electron chi connectivity index (χ0n) is 11.0. The van der Waals surface area contributed by atoms with E-state index in [1.807, 2.05) is 28.6 Å². The molecule has 0 saturated carbocycles. The van der Waals surface area contributed by atoms with Crippen LogP contribution in [0.3, 0.4) is 0 Å². The lowest BCUT2D eigenvalue weighted by Gasteiger charge is -2.21. The minimum absolute atomic E-state index is 0.385. The minimum atomic E-state index is -0.385. The number of halogens is 1. The first-order valence-electron chi connectivity index (χ1n) is 6.96. The van der Waals surface area contributed by atoms with Crippen LogP contribution >= 0.6 is 11.3 Å². The number of thiophene rings is 1. The summed E-state index contributed by atoms with van der Waals surface area (Å²) >= 11 is 1.54. The number of nitrogens with two attached hydrogens (primary N) is 1. The van der Waals surface area contributed by atoms with Crippen LogP contribution < -0.4 is 5.84 Å². The summed E-state index contributed by atoms with van der Waals surface area (Å²) in [6.07, 6.45) is 5.08.